The van der Waals surface area contributed by atoms with Gasteiger partial charge in [0.25, 0.3) is 0 Å². The van der Waals surface area contributed by atoms with E-state index < -0.39 is 0 Å². The lowest BCUT2D eigenvalue weighted by Gasteiger charge is -2.30. The Kier molecular flexibility index (Phi) is 3.02. The fourth-order valence-corrected chi connectivity index (χ4v) is 4.62. The molecule has 0 aromatic heterocycles. The van der Waals surface area contributed by atoms with E-state index in [2.05, 4.69) is 69.4 Å². The minimum absolute atomic E-state index is 1.18. The van der Waals surface area contributed by atoms with E-state index in [0.717, 1.165) is 0 Å². The third-order valence-electron chi connectivity index (χ3n) is 5.29. The van der Waals surface area contributed by atoms with Gasteiger partial charge in [0.05, 0.1) is 0 Å². The van der Waals surface area contributed by atoms with Crippen LogP contribution in [0.25, 0.3) is 32.3 Å². The lowest BCUT2D eigenvalue weighted by atomic mass is 9.93. The molecule has 0 bridgehead atoms. The molecule has 0 spiro atoms. The summed E-state index contributed by atoms with van der Waals surface area (Å²) in [6.07, 6.45) is 4.00. The molecule has 0 unspecified atom stereocenters. The summed E-state index contributed by atoms with van der Waals surface area (Å²) in [5.41, 5.74) is 1.41. The minimum atomic E-state index is 1.18. The van der Waals surface area contributed by atoms with Gasteiger partial charge in [-0.25, -0.2) is 0 Å². The van der Waals surface area contributed by atoms with Gasteiger partial charge in [0.2, 0.25) is 0 Å². The van der Waals surface area contributed by atoms with Crippen molar-refractivity contribution in [3.05, 3.63) is 53.0 Å². The quantitative estimate of drug-likeness (QED) is 0.356. The highest BCUT2D eigenvalue weighted by atomic mass is 79.9. The molecule has 4 aromatic rings. The van der Waals surface area contributed by atoms with E-state index in [4.69, 9.17) is 0 Å². The first kappa shape index (κ1) is 13.6. The van der Waals surface area contributed by atoms with Crippen molar-refractivity contribution in [3.8, 4) is 0 Å². The van der Waals surface area contributed by atoms with Gasteiger partial charge in [-0.3, -0.25) is 0 Å². The van der Waals surface area contributed by atoms with Gasteiger partial charge in [0, 0.05) is 28.6 Å². The highest BCUT2D eigenvalue weighted by molar-refractivity contribution is 9.10. The van der Waals surface area contributed by atoms with Crippen molar-refractivity contribution in [2.24, 2.45) is 0 Å². The van der Waals surface area contributed by atoms with Crippen LogP contribution in [0.3, 0.4) is 0 Å². The maximum absolute atomic E-state index is 3.73. The fraction of sp³-hybridized carbons (Fsp3) is 0.238. The first-order valence-electron chi connectivity index (χ1n) is 8.44. The molecule has 0 radical (unpaired) electrons. The maximum Gasteiger partial charge on any atom is 0.0446 e. The van der Waals surface area contributed by atoms with Gasteiger partial charge >= 0.3 is 0 Å². The topological polar surface area (TPSA) is 3.24 Å². The molecule has 5 rings (SSSR count). The largest absolute Gasteiger partial charge is 0.371 e. The number of benzene rings is 4. The van der Waals surface area contributed by atoms with Crippen LogP contribution in [0.15, 0.2) is 53.0 Å². The van der Waals surface area contributed by atoms with Crippen molar-refractivity contribution in [2.75, 3.05) is 18.0 Å². The van der Waals surface area contributed by atoms with Crippen LogP contribution in [0.5, 0.6) is 0 Å². The molecule has 1 fully saturated rings. The Morgan fingerprint density at radius 2 is 1.26 bits per heavy atom. The van der Waals surface area contributed by atoms with Gasteiger partial charge in [-0.2, -0.15) is 0 Å². The summed E-state index contributed by atoms with van der Waals surface area (Å²) in [4.78, 5) is 2.57. The Hall–Kier alpha value is -1.80. The van der Waals surface area contributed by atoms with Crippen molar-refractivity contribution in [1.82, 2.24) is 0 Å². The summed E-state index contributed by atoms with van der Waals surface area (Å²) >= 11 is 3.73. The Morgan fingerprint density at radius 1 is 0.652 bits per heavy atom. The molecule has 114 valence electrons. The van der Waals surface area contributed by atoms with Crippen LogP contribution in [-0.4, -0.2) is 13.1 Å². The van der Waals surface area contributed by atoms with Crippen molar-refractivity contribution < 1.29 is 0 Å². The van der Waals surface area contributed by atoms with E-state index in [9.17, 15) is 0 Å². The standard InChI is InChI=1S/C21H18BrN/c22-18-10-6-14-5-9-17-19(23-12-2-1-3-13-23)11-7-15-4-8-16(18)20(14)21(15)17/h4-11H,1-3,12-13H2. The van der Waals surface area contributed by atoms with Crippen LogP contribution in [-0.2, 0) is 0 Å². The van der Waals surface area contributed by atoms with Crippen molar-refractivity contribution in [1.29, 1.82) is 0 Å². The van der Waals surface area contributed by atoms with E-state index in [-0.39, 0.29) is 0 Å². The first-order chi connectivity index (χ1) is 11.3. The molecule has 1 aliphatic rings. The predicted molar refractivity (Wildman–Crippen MR) is 104 cm³/mol. The number of rotatable bonds is 1. The smallest absolute Gasteiger partial charge is 0.0446 e. The highest BCUT2D eigenvalue weighted by Gasteiger charge is 2.17. The lowest BCUT2D eigenvalue weighted by Crippen LogP contribution is -2.29. The fourth-order valence-electron chi connectivity index (χ4n) is 4.16. The Bertz CT molecular complexity index is 1010. The van der Waals surface area contributed by atoms with Crippen molar-refractivity contribution in [3.63, 3.8) is 0 Å². The van der Waals surface area contributed by atoms with Crippen LogP contribution in [0.2, 0.25) is 0 Å². The van der Waals surface area contributed by atoms with Gasteiger partial charge in [0.1, 0.15) is 0 Å². The molecule has 0 saturated carbocycles. The molecule has 1 heterocycles. The van der Waals surface area contributed by atoms with Crippen molar-refractivity contribution >= 4 is 53.9 Å². The molecule has 0 aliphatic carbocycles. The van der Waals surface area contributed by atoms with Gasteiger partial charge in [-0.1, -0.05) is 52.3 Å². The Balaban J connectivity index is 1.90. The number of nitrogens with zero attached hydrogens (tertiary/aromatic N) is 1. The molecule has 23 heavy (non-hydrogen) atoms. The van der Waals surface area contributed by atoms with Gasteiger partial charge in [0.15, 0.2) is 0 Å². The second kappa shape index (κ2) is 5.10. The average Bonchev–Trinajstić information content (AvgIpc) is 2.62. The summed E-state index contributed by atoms with van der Waals surface area (Å²) in [5.74, 6) is 0. The van der Waals surface area contributed by atoms with E-state index in [1.807, 2.05) is 0 Å². The van der Waals surface area contributed by atoms with E-state index >= 15 is 0 Å². The zero-order valence-corrected chi connectivity index (χ0v) is 14.6. The zero-order chi connectivity index (χ0) is 15.4. The molecule has 1 nitrogen and oxygen atoms in total. The average molecular weight is 364 g/mol. The van der Waals surface area contributed by atoms with Crippen LogP contribution in [0.1, 0.15) is 19.3 Å². The van der Waals surface area contributed by atoms with Crippen LogP contribution >= 0.6 is 15.9 Å². The molecule has 4 aromatic carbocycles. The summed E-state index contributed by atoms with van der Waals surface area (Å²) in [5, 5.41) is 8.21. The third-order valence-corrected chi connectivity index (χ3v) is 5.98. The van der Waals surface area contributed by atoms with E-state index in [1.54, 1.807) is 0 Å². The van der Waals surface area contributed by atoms with Gasteiger partial charge in [-0.15, -0.1) is 0 Å². The first-order valence-corrected chi connectivity index (χ1v) is 9.23. The SMILES string of the molecule is Brc1ccc2ccc3c(N4CCCCC4)ccc4ccc1c2c43. The molecule has 0 N–H and O–H groups in total. The third kappa shape index (κ3) is 1.98. The Morgan fingerprint density at radius 3 is 2.04 bits per heavy atom. The molecule has 0 atom stereocenters. The van der Waals surface area contributed by atoms with Crippen LogP contribution < -0.4 is 4.90 Å². The number of piperidine rings is 1. The summed E-state index contributed by atoms with van der Waals surface area (Å²) < 4.78 is 1.18. The second-order valence-corrected chi connectivity index (χ2v) is 7.46. The Labute approximate surface area is 144 Å². The van der Waals surface area contributed by atoms with Gasteiger partial charge < -0.3 is 4.90 Å². The second-order valence-electron chi connectivity index (χ2n) is 6.60. The normalized spacial score (nSPS) is 16.0. The molecule has 1 aliphatic heterocycles. The molecular weight excluding hydrogens is 346 g/mol. The van der Waals surface area contributed by atoms with Crippen LogP contribution in [0.4, 0.5) is 5.69 Å². The summed E-state index contributed by atoms with van der Waals surface area (Å²) in [6.45, 7) is 2.38. The summed E-state index contributed by atoms with van der Waals surface area (Å²) in [7, 11) is 0. The molecule has 1 saturated heterocycles. The number of anilines is 1. The highest BCUT2D eigenvalue weighted by Crippen LogP contribution is 2.41. The zero-order valence-electron chi connectivity index (χ0n) is 13.0. The number of hydrogen-bond acceptors (Lipinski definition) is 1. The van der Waals surface area contributed by atoms with E-state index in [0.29, 0.717) is 0 Å². The van der Waals surface area contributed by atoms with E-state index in [1.165, 1.54) is 74.8 Å². The molecular formula is C21H18BrN. The van der Waals surface area contributed by atoms with Crippen molar-refractivity contribution in [2.45, 2.75) is 19.3 Å². The summed E-state index contributed by atoms with van der Waals surface area (Å²) in [6, 6.07) is 18.1. The van der Waals surface area contributed by atoms with Gasteiger partial charge in [-0.05, 0) is 58.3 Å². The number of halogens is 1. The maximum atomic E-state index is 3.73. The van der Waals surface area contributed by atoms with Crippen LogP contribution in [0, 0.1) is 0 Å². The lowest BCUT2D eigenvalue weighted by molar-refractivity contribution is 0.579. The predicted octanol–water partition coefficient (Wildman–Crippen LogP) is 6.34. The minimum Gasteiger partial charge on any atom is -0.371 e. The molecule has 0 amide bonds. The monoisotopic (exact) mass is 363 g/mol. The molecule has 2 heteroatoms. The number of hydrogen-bond donors (Lipinski definition) is 0.